The lowest BCUT2D eigenvalue weighted by molar-refractivity contribution is -0.0771. The third-order valence-electron chi connectivity index (χ3n) is 1.78. The second-order valence-electron chi connectivity index (χ2n) is 3.71. The van der Waals surface area contributed by atoms with Crippen LogP contribution in [0.4, 0.5) is 13.6 Å². The summed E-state index contributed by atoms with van der Waals surface area (Å²) in [6.45, 7) is 2.37. The number of amides is 1. The van der Waals surface area contributed by atoms with Crippen LogP contribution in [-0.2, 0) is 4.74 Å². The van der Waals surface area contributed by atoms with E-state index in [1.165, 1.54) is 13.8 Å². The SMILES string of the molecule is CC(C)(OC(=O)NC1CC1)C(F)F. The van der Waals surface area contributed by atoms with Crippen molar-refractivity contribution in [3.05, 3.63) is 0 Å². The van der Waals surface area contributed by atoms with Gasteiger partial charge >= 0.3 is 6.09 Å². The topological polar surface area (TPSA) is 38.3 Å². The van der Waals surface area contributed by atoms with Gasteiger partial charge in [-0.2, -0.15) is 0 Å². The van der Waals surface area contributed by atoms with E-state index in [4.69, 9.17) is 0 Å². The van der Waals surface area contributed by atoms with E-state index in [9.17, 15) is 13.6 Å². The number of halogens is 2. The van der Waals surface area contributed by atoms with Gasteiger partial charge in [0.1, 0.15) is 0 Å². The van der Waals surface area contributed by atoms with Crippen LogP contribution in [0.15, 0.2) is 0 Å². The Morgan fingerprint density at radius 1 is 1.54 bits per heavy atom. The van der Waals surface area contributed by atoms with Gasteiger partial charge < -0.3 is 10.1 Å². The summed E-state index contributed by atoms with van der Waals surface area (Å²) in [4.78, 5) is 10.9. The Hall–Kier alpha value is -0.870. The molecule has 0 aromatic heterocycles. The van der Waals surface area contributed by atoms with E-state index in [1.54, 1.807) is 0 Å². The van der Waals surface area contributed by atoms with Crippen LogP contribution in [0.1, 0.15) is 26.7 Å². The molecule has 0 heterocycles. The summed E-state index contributed by atoms with van der Waals surface area (Å²) in [7, 11) is 0. The van der Waals surface area contributed by atoms with Crippen LogP contribution >= 0.6 is 0 Å². The second kappa shape index (κ2) is 3.47. The molecule has 0 bridgehead atoms. The van der Waals surface area contributed by atoms with Crippen LogP contribution in [0.25, 0.3) is 0 Å². The van der Waals surface area contributed by atoms with E-state index in [1.807, 2.05) is 0 Å². The van der Waals surface area contributed by atoms with Crippen LogP contribution < -0.4 is 5.32 Å². The first kappa shape index (κ1) is 10.2. The molecule has 0 radical (unpaired) electrons. The Bertz CT molecular complexity index is 202. The van der Waals surface area contributed by atoms with Crippen molar-refractivity contribution < 1.29 is 18.3 Å². The molecule has 1 aliphatic carbocycles. The first-order valence-electron chi connectivity index (χ1n) is 4.19. The summed E-state index contributed by atoms with van der Waals surface area (Å²) in [5.41, 5.74) is -1.71. The Morgan fingerprint density at radius 2 is 2.08 bits per heavy atom. The molecule has 1 saturated carbocycles. The van der Waals surface area contributed by atoms with Gasteiger partial charge in [0.05, 0.1) is 0 Å². The van der Waals surface area contributed by atoms with Crippen molar-refractivity contribution in [2.75, 3.05) is 0 Å². The highest BCUT2D eigenvalue weighted by atomic mass is 19.3. The molecule has 0 unspecified atom stereocenters. The highest BCUT2D eigenvalue weighted by Crippen LogP contribution is 2.22. The molecular weight excluding hydrogens is 180 g/mol. The molecule has 1 rings (SSSR count). The maximum absolute atomic E-state index is 12.2. The number of alkyl carbamates (subject to hydrolysis) is 1. The summed E-state index contributed by atoms with van der Waals surface area (Å²) in [5.74, 6) is 0. The van der Waals surface area contributed by atoms with Gasteiger partial charge in [-0.1, -0.05) is 0 Å². The van der Waals surface area contributed by atoms with E-state index < -0.39 is 18.1 Å². The fraction of sp³-hybridized carbons (Fsp3) is 0.875. The monoisotopic (exact) mass is 193 g/mol. The average molecular weight is 193 g/mol. The molecule has 0 aromatic carbocycles. The van der Waals surface area contributed by atoms with Crippen molar-refractivity contribution in [3.8, 4) is 0 Å². The number of rotatable bonds is 3. The van der Waals surface area contributed by atoms with Crippen LogP contribution in [0.2, 0.25) is 0 Å². The molecular formula is C8H13F2NO2. The minimum atomic E-state index is -2.67. The lowest BCUT2D eigenvalue weighted by atomic mass is 10.1. The minimum absolute atomic E-state index is 0.126. The number of ether oxygens (including phenoxy) is 1. The standard InChI is InChI=1S/C8H13F2NO2/c1-8(2,6(9)10)13-7(12)11-5-3-4-5/h5-6H,3-4H2,1-2H3,(H,11,12). The van der Waals surface area contributed by atoms with Crippen LogP contribution in [0.3, 0.4) is 0 Å². The zero-order valence-corrected chi connectivity index (χ0v) is 7.64. The van der Waals surface area contributed by atoms with Gasteiger partial charge in [-0.05, 0) is 26.7 Å². The van der Waals surface area contributed by atoms with Crippen LogP contribution in [0.5, 0.6) is 0 Å². The summed E-state index contributed by atoms with van der Waals surface area (Å²) in [5, 5.41) is 2.47. The molecule has 5 heteroatoms. The lowest BCUT2D eigenvalue weighted by Gasteiger charge is -2.23. The van der Waals surface area contributed by atoms with E-state index in [0.29, 0.717) is 0 Å². The third kappa shape index (κ3) is 3.16. The fourth-order valence-electron chi connectivity index (χ4n) is 0.707. The molecule has 13 heavy (non-hydrogen) atoms. The fourth-order valence-corrected chi connectivity index (χ4v) is 0.707. The van der Waals surface area contributed by atoms with Crippen molar-refractivity contribution in [2.45, 2.75) is 44.8 Å². The Kier molecular flexibility index (Phi) is 2.73. The van der Waals surface area contributed by atoms with Crippen molar-refractivity contribution in [3.63, 3.8) is 0 Å². The van der Waals surface area contributed by atoms with E-state index in [-0.39, 0.29) is 6.04 Å². The van der Waals surface area contributed by atoms with Gasteiger partial charge in [0, 0.05) is 6.04 Å². The van der Waals surface area contributed by atoms with Crippen molar-refractivity contribution in [2.24, 2.45) is 0 Å². The molecule has 0 saturated heterocycles. The molecule has 3 nitrogen and oxygen atoms in total. The first-order valence-corrected chi connectivity index (χ1v) is 4.19. The van der Waals surface area contributed by atoms with Gasteiger partial charge in [0.25, 0.3) is 6.43 Å². The maximum atomic E-state index is 12.2. The molecule has 0 aliphatic heterocycles. The number of hydrogen-bond acceptors (Lipinski definition) is 2. The predicted molar refractivity (Wildman–Crippen MR) is 42.7 cm³/mol. The number of nitrogens with one attached hydrogen (secondary N) is 1. The predicted octanol–water partition coefficient (Wildman–Crippen LogP) is 1.92. The molecule has 0 atom stereocenters. The molecule has 1 aliphatic rings. The lowest BCUT2D eigenvalue weighted by Crippen LogP contribution is -2.40. The minimum Gasteiger partial charge on any atom is -0.437 e. The van der Waals surface area contributed by atoms with Crippen LogP contribution in [-0.4, -0.2) is 24.2 Å². The summed E-state index contributed by atoms with van der Waals surface area (Å²) < 4.78 is 29.0. The summed E-state index contributed by atoms with van der Waals surface area (Å²) >= 11 is 0. The van der Waals surface area contributed by atoms with E-state index in [0.717, 1.165) is 12.8 Å². The van der Waals surface area contributed by atoms with Gasteiger partial charge in [-0.3, -0.25) is 0 Å². The first-order chi connectivity index (χ1) is 5.92. The zero-order valence-electron chi connectivity index (χ0n) is 7.64. The summed E-state index contributed by atoms with van der Waals surface area (Å²) in [6.07, 6.45) is -1.61. The number of carbonyl (C=O) groups excluding carboxylic acids is 1. The summed E-state index contributed by atoms with van der Waals surface area (Å²) in [6, 6.07) is 0.126. The number of alkyl halides is 2. The van der Waals surface area contributed by atoms with Gasteiger partial charge in [-0.25, -0.2) is 13.6 Å². The van der Waals surface area contributed by atoms with Crippen molar-refractivity contribution >= 4 is 6.09 Å². The number of carbonyl (C=O) groups is 1. The third-order valence-corrected chi connectivity index (χ3v) is 1.78. The quantitative estimate of drug-likeness (QED) is 0.743. The average Bonchev–Trinajstić information content (AvgIpc) is 2.69. The zero-order chi connectivity index (χ0) is 10.1. The highest BCUT2D eigenvalue weighted by molar-refractivity contribution is 5.68. The Morgan fingerprint density at radius 3 is 2.46 bits per heavy atom. The Balaban J connectivity index is 2.32. The highest BCUT2D eigenvalue weighted by Gasteiger charge is 2.35. The molecule has 0 aromatic rings. The van der Waals surface area contributed by atoms with E-state index in [2.05, 4.69) is 10.1 Å². The normalized spacial score (nSPS) is 17.3. The van der Waals surface area contributed by atoms with Gasteiger partial charge in [-0.15, -0.1) is 0 Å². The molecule has 1 fully saturated rings. The second-order valence-corrected chi connectivity index (χ2v) is 3.71. The van der Waals surface area contributed by atoms with Gasteiger partial charge in [0.2, 0.25) is 0 Å². The van der Waals surface area contributed by atoms with Crippen molar-refractivity contribution in [1.82, 2.24) is 5.32 Å². The molecule has 0 spiro atoms. The Labute approximate surface area is 75.4 Å². The smallest absolute Gasteiger partial charge is 0.408 e. The maximum Gasteiger partial charge on any atom is 0.408 e. The van der Waals surface area contributed by atoms with Crippen molar-refractivity contribution in [1.29, 1.82) is 0 Å². The largest absolute Gasteiger partial charge is 0.437 e. The number of hydrogen-bond donors (Lipinski definition) is 1. The van der Waals surface area contributed by atoms with E-state index >= 15 is 0 Å². The van der Waals surface area contributed by atoms with Crippen LogP contribution in [0, 0.1) is 0 Å². The molecule has 1 amide bonds. The molecule has 76 valence electrons. The van der Waals surface area contributed by atoms with Gasteiger partial charge in [0.15, 0.2) is 5.60 Å². The molecule has 1 N–H and O–H groups in total.